The molecule has 0 radical (unpaired) electrons. The molecule has 35 heavy (non-hydrogen) atoms. The molecule has 0 bridgehead atoms. The van der Waals surface area contributed by atoms with Gasteiger partial charge in [0.1, 0.15) is 11.5 Å². The summed E-state index contributed by atoms with van der Waals surface area (Å²) >= 11 is 4.74. The summed E-state index contributed by atoms with van der Waals surface area (Å²) in [4.78, 5) is 32.7. The van der Waals surface area contributed by atoms with Gasteiger partial charge in [0.25, 0.3) is 5.78 Å². The lowest BCUT2D eigenvalue weighted by molar-refractivity contribution is -0.132. The van der Waals surface area contributed by atoms with Gasteiger partial charge in [0.2, 0.25) is 0 Å². The first kappa shape index (κ1) is 23.3. The molecule has 1 fully saturated rings. The molecule has 176 valence electrons. The first-order valence-corrected chi connectivity index (χ1v) is 12.6. The number of anilines is 1. The number of benzene rings is 3. The summed E-state index contributed by atoms with van der Waals surface area (Å²) < 4.78 is 7.29. The van der Waals surface area contributed by atoms with E-state index in [-0.39, 0.29) is 11.3 Å². The van der Waals surface area contributed by atoms with Crippen LogP contribution >= 0.6 is 27.3 Å². The molecule has 2 heterocycles. The Balaban J connectivity index is 1.69. The Kier molecular flexibility index (Phi) is 6.17. The number of carbonyl (C=O) groups is 2. The maximum absolute atomic E-state index is 13.4. The molecule has 8 heteroatoms. The van der Waals surface area contributed by atoms with Gasteiger partial charge >= 0.3 is 5.91 Å². The molecule has 1 N–H and O–H groups in total. The number of amides is 1. The van der Waals surface area contributed by atoms with E-state index in [4.69, 9.17) is 4.74 Å². The highest BCUT2D eigenvalue weighted by atomic mass is 79.9. The van der Waals surface area contributed by atoms with Crippen molar-refractivity contribution < 1.29 is 19.4 Å². The molecule has 1 atom stereocenters. The van der Waals surface area contributed by atoms with Crippen molar-refractivity contribution in [2.24, 2.45) is 0 Å². The van der Waals surface area contributed by atoms with Gasteiger partial charge in [-0.1, -0.05) is 69.2 Å². The average Bonchev–Trinajstić information content (AvgIpc) is 3.38. The number of aliphatic hydroxyl groups is 1. The number of aromatic nitrogens is 1. The van der Waals surface area contributed by atoms with Crippen molar-refractivity contribution in [2.45, 2.75) is 19.9 Å². The second-order valence-corrected chi connectivity index (χ2v) is 10.1. The number of ketones is 1. The molecule has 0 unspecified atom stereocenters. The Labute approximate surface area is 214 Å². The van der Waals surface area contributed by atoms with E-state index < -0.39 is 17.7 Å². The highest BCUT2D eigenvalue weighted by Gasteiger charge is 2.48. The summed E-state index contributed by atoms with van der Waals surface area (Å²) in [5, 5.41) is 11.6. The number of thiazole rings is 1. The topological polar surface area (TPSA) is 79.7 Å². The lowest BCUT2D eigenvalue weighted by Gasteiger charge is -2.23. The number of fused-ring (bicyclic) bond motifs is 1. The Bertz CT molecular complexity index is 1480. The molecule has 1 saturated heterocycles. The van der Waals surface area contributed by atoms with Crippen LogP contribution in [-0.2, 0) is 9.59 Å². The molecule has 0 spiro atoms. The van der Waals surface area contributed by atoms with Crippen LogP contribution in [0.2, 0.25) is 0 Å². The van der Waals surface area contributed by atoms with E-state index in [1.807, 2.05) is 68.4 Å². The normalized spacial score (nSPS) is 17.3. The van der Waals surface area contributed by atoms with Crippen molar-refractivity contribution in [3.63, 3.8) is 0 Å². The minimum absolute atomic E-state index is 0.0374. The summed E-state index contributed by atoms with van der Waals surface area (Å²) in [6, 6.07) is 19.2. The van der Waals surface area contributed by atoms with Crippen LogP contribution in [0.25, 0.3) is 16.0 Å². The summed E-state index contributed by atoms with van der Waals surface area (Å²) in [6.07, 6.45) is 0. The van der Waals surface area contributed by atoms with E-state index in [0.717, 1.165) is 14.7 Å². The molecule has 1 aliphatic rings. The molecule has 3 aromatic carbocycles. The Morgan fingerprint density at radius 3 is 2.49 bits per heavy atom. The van der Waals surface area contributed by atoms with Crippen LogP contribution in [-0.4, -0.2) is 28.4 Å². The Morgan fingerprint density at radius 1 is 1.09 bits per heavy atom. The lowest BCUT2D eigenvalue weighted by Crippen LogP contribution is -2.29. The number of aliphatic hydroxyl groups excluding tert-OH is 1. The van der Waals surface area contributed by atoms with E-state index in [2.05, 4.69) is 20.9 Å². The predicted molar refractivity (Wildman–Crippen MR) is 141 cm³/mol. The van der Waals surface area contributed by atoms with E-state index in [1.165, 1.54) is 16.2 Å². The third kappa shape index (κ3) is 4.24. The van der Waals surface area contributed by atoms with Crippen LogP contribution in [0.4, 0.5) is 5.13 Å². The molecule has 5 rings (SSSR count). The van der Waals surface area contributed by atoms with Gasteiger partial charge in [0.05, 0.1) is 28.4 Å². The summed E-state index contributed by atoms with van der Waals surface area (Å²) in [6.45, 7) is 4.39. The molecule has 0 saturated carbocycles. The molecule has 6 nitrogen and oxygen atoms in total. The van der Waals surface area contributed by atoms with Crippen LogP contribution in [0.3, 0.4) is 0 Å². The fourth-order valence-corrected chi connectivity index (χ4v) is 5.39. The zero-order valence-corrected chi connectivity index (χ0v) is 21.4. The van der Waals surface area contributed by atoms with Crippen LogP contribution in [0.5, 0.6) is 5.75 Å². The van der Waals surface area contributed by atoms with Gasteiger partial charge < -0.3 is 9.84 Å². The first-order chi connectivity index (χ1) is 16.9. The minimum atomic E-state index is -0.823. The van der Waals surface area contributed by atoms with Gasteiger partial charge in [-0.05, 0) is 49.7 Å². The zero-order valence-electron chi connectivity index (χ0n) is 19.0. The van der Waals surface area contributed by atoms with Crippen molar-refractivity contribution in [3.8, 4) is 5.75 Å². The number of hydrogen-bond donors (Lipinski definition) is 1. The number of carbonyl (C=O) groups excluding carboxylic acids is 2. The smallest absolute Gasteiger partial charge is 0.301 e. The number of aryl methyl sites for hydroxylation is 1. The van der Waals surface area contributed by atoms with E-state index in [1.54, 1.807) is 12.1 Å². The van der Waals surface area contributed by atoms with Crippen molar-refractivity contribution >= 4 is 60.1 Å². The quantitative estimate of drug-likeness (QED) is 0.177. The third-order valence-electron chi connectivity index (χ3n) is 5.82. The Hall–Kier alpha value is -3.49. The number of hydrogen-bond acceptors (Lipinski definition) is 6. The largest absolute Gasteiger partial charge is 0.507 e. The third-order valence-corrected chi connectivity index (χ3v) is 7.37. The molecule has 1 amide bonds. The van der Waals surface area contributed by atoms with Gasteiger partial charge in [-0.25, -0.2) is 4.98 Å². The van der Waals surface area contributed by atoms with Gasteiger partial charge in [-0.15, -0.1) is 0 Å². The highest BCUT2D eigenvalue weighted by Crippen LogP contribution is 2.44. The highest BCUT2D eigenvalue weighted by molar-refractivity contribution is 9.10. The number of nitrogens with zero attached hydrogens (tertiary/aromatic N) is 2. The molecule has 0 aliphatic carbocycles. The van der Waals surface area contributed by atoms with Gasteiger partial charge in [-0.2, -0.15) is 0 Å². The molecule has 4 aromatic rings. The number of rotatable bonds is 5. The van der Waals surface area contributed by atoms with Gasteiger partial charge in [-0.3, -0.25) is 14.5 Å². The summed E-state index contributed by atoms with van der Waals surface area (Å²) in [5.74, 6) is -0.972. The van der Waals surface area contributed by atoms with Crippen molar-refractivity contribution in [1.29, 1.82) is 0 Å². The van der Waals surface area contributed by atoms with E-state index in [0.29, 0.717) is 34.1 Å². The zero-order chi connectivity index (χ0) is 24.7. The van der Waals surface area contributed by atoms with Crippen LogP contribution < -0.4 is 9.64 Å². The first-order valence-electron chi connectivity index (χ1n) is 11.0. The monoisotopic (exact) mass is 548 g/mol. The molecular formula is C27H21BrN2O4S. The second kappa shape index (κ2) is 9.28. The van der Waals surface area contributed by atoms with Crippen molar-refractivity contribution in [3.05, 3.63) is 93.5 Å². The van der Waals surface area contributed by atoms with Crippen LogP contribution in [0.1, 0.15) is 29.7 Å². The average molecular weight is 549 g/mol. The molecular weight excluding hydrogens is 528 g/mol. The predicted octanol–water partition coefficient (Wildman–Crippen LogP) is 6.39. The number of Topliss-reactive ketones (excluding diaryl/α,β-unsaturated/α-hetero) is 1. The molecule has 1 aromatic heterocycles. The SMILES string of the molecule is CCOc1ccc2nc(N3C(=O)C(=O)C(=C(O)c4ccc(C)cc4)[C@@H]3c3ccc(Br)cc3)sc2c1. The van der Waals surface area contributed by atoms with Crippen LogP contribution in [0, 0.1) is 6.92 Å². The Morgan fingerprint density at radius 2 is 1.80 bits per heavy atom. The van der Waals surface area contributed by atoms with E-state index in [9.17, 15) is 14.7 Å². The maximum atomic E-state index is 13.4. The van der Waals surface area contributed by atoms with Gasteiger partial charge in [0, 0.05) is 10.0 Å². The van der Waals surface area contributed by atoms with Gasteiger partial charge in [0.15, 0.2) is 5.13 Å². The minimum Gasteiger partial charge on any atom is -0.507 e. The maximum Gasteiger partial charge on any atom is 0.301 e. The fourth-order valence-electron chi connectivity index (χ4n) is 4.11. The summed E-state index contributed by atoms with van der Waals surface area (Å²) in [7, 11) is 0. The lowest BCUT2D eigenvalue weighted by atomic mass is 9.95. The van der Waals surface area contributed by atoms with Crippen molar-refractivity contribution in [1.82, 2.24) is 4.98 Å². The number of ether oxygens (including phenoxy) is 1. The molecule has 1 aliphatic heterocycles. The summed E-state index contributed by atoms with van der Waals surface area (Å²) in [5.41, 5.74) is 2.92. The fraction of sp³-hybridized carbons (Fsp3) is 0.148. The second-order valence-electron chi connectivity index (χ2n) is 8.15. The van der Waals surface area contributed by atoms with Crippen molar-refractivity contribution in [2.75, 3.05) is 11.5 Å². The number of halogens is 1. The standard InChI is InChI=1S/C27H21BrN2O4S/c1-3-34-19-12-13-20-21(14-19)35-27(29-20)30-23(16-8-10-18(28)11-9-16)22(25(32)26(30)33)24(31)17-6-4-15(2)5-7-17/h4-14,23,31H,3H2,1-2H3/t23-/m0/s1. The van der Waals surface area contributed by atoms with E-state index >= 15 is 0 Å². The van der Waals surface area contributed by atoms with Crippen LogP contribution in [0.15, 0.2) is 76.8 Å².